The highest BCUT2D eigenvalue weighted by molar-refractivity contribution is 5.59. The summed E-state index contributed by atoms with van der Waals surface area (Å²) in [5.74, 6) is 0. The lowest BCUT2D eigenvalue weighted by Crippen LogP contribution is -1.96. The van der Waals surface area contributed by atoms with Gasteiger partial charge in [0, 0.05) is 5.56 Å². The minimum absolute atomic E-state index is 0.0615. The lowest BCUT2D eigenvalue weighted by Gasteiger charge is -2.02. The average molecular weight is 234 g/mol. The van der Waals surface area contributed by atoms with Crippen LogP contribution in [0, 0.1) is 22.7 Å². The molecule has 0 aliphatic heterocycles. The SMILES string of the molecule is CCc1ccc(-c2cnc(C#N)c(C#N)n2)cc1. The number of nitrogens with zero attached hydrogens (tertiary/aromatic N) is 4. The van der Waals surface area contributed by atoms with Gasteiger partial charge in [0.05, 0.1) is 11.9 Å². The van der Waals surface area contributed by atoms with Gasteiger partial charge in [-0.15, -0.1) is 0 Å². The van der Waals surface area contributed by atoms with Crippen LogP contribution >= 0.6 is 0 Å². The zero-order valence-corrected chi connectivity index (χ0v) is 9.88. The van der Waals surface area contributed by atoms with E-state index in [9.17, 15) is 0 Å². The van der Waals surface area contributed by atoms with Gasteiger partial charge in [-0.05, 0) is 12.0 Å². The smallest absolute Gasteiger partial charge is 0.177 e. The molecule has 0 N–H and O–H groups in total. The first-order valence-electron chi connectivity index (χ1n) is 5.55. The maximum Gasteiger partial charge on any atom is 0.177 e. The van der Waals surface area contributed by atoms with E-state index in [1.807, 2.05) is 36.4 Å². The summed E-state index contributed by atoms with van der Waals surface area (Å²) < 4.78 is 0. The van der Waals surface area contributed by atoms with Crippen molar-refractivity contribution in [3.63, 3.8) is 0 Å². The van der Waals surface area contributed by atoms with Gasteiger partial charge in [0.15, 0.2) is 11.4 Å². The lowest BCUT2D eigenvalue weighted by atomic mass is 10.1. The topological polar surface area (TPSA) is 73.4 Å². The minimum Gasteiger partial charge on any atom is -0.240 e. The predicted octanol–water partition coefficient (Wildman–Crippen LogP) is 2.45. The fourth-order valence-corrected chi connectivity index (χ4v) is 1.60. The molecule has 0 fully saturated rings. The summed E-state index contributed by atoms with van der Waals surface area (Å²) in [6.45, 7) is 2.09. The van der Waals surface area contributed by atoms with Gasteiger partial charge in [0.1, 0.15) is 12.1 Å². The Labute approximate surface area is 105 Å². The summed E-state index contributed by atoms with van der Waals surface area (Å²) in [6.07, 6.45) is 2.49. The van der Waals surface area contributed by atoms with Gasteiger partial charge in [-0.3, -0.25) is 0 Å². The summed E-state index contributed by atoms with van der Waals surface area (Å²) in [5, 5.41) is 17.7. The van der Waals surface area contributed by atoms with Crippen molar-refractivity contribution in [2.75, 3.05) is 0 Å². The first kappa shape index (κ1) is 11.8. The highest BCUT2D eigenvalue weighted by Crippen LogP contribution is 2.18. The van der Waals surface area contributed by atoms with E-state index in [1.54, 1.807) is 0 Å². The first-order chi connectivity index (χ1) is 8.78. The molecular weight excluding hydrogens is 224 g/mol. The zero-order valence-electron chi connectivity index (χ0n) is 9.88. The van der Waals surface area contributed by atoms with Gasteiger partial charge in [-0.1, -0.05) is 31.2 Å². The molecule has 1 aromatic heterocycles. The van der Waals surface area contributed by atoms with E-state index in [-0.39, 0.29) is 11.4 Å². The van der Waals surface area contributed by atoms with E-state index >= 15 is 0 Å². The van der Waals surface area contributed by atoms with Gasteiger partial charge >= 0.3 is 0 Å². The molecule has 0 amide bonds. The van der Waals surface area contributed by atoms with Crippen LogP contribution in [-0.4, -0.2) is 9.97 Å². The second-order valence-electron chi connectivity index (χ2n) is 3.73. The Balaban J connectivity index is 2.45. The molecule has 4 nitrogen and oxygen atoms in total. The molecule has 18 heavy (non-hydrogen) atoms. The minimum atomic E-state index is 0.0615. The van der Waals surface area contributed by atoms with Crippen molar-refractivity contribution in [3.8, 4) is 23.4 Å². The Hall–Kier alpha value is -2.72. The van der Waals surface area contributed by atoms with Crippen molar-refractivity contribution in [3.05, 3.63) is 47.4 Å². The molecule has 0 aliphatic carbocycles. The van der Waals surface area contributed by atoms with Gasteiger partial charge in [-0.2, -0.15) is 10.5 Å². The van der Waals surface area contributed by atoms with Crippen LogP contribution in [0.2, 0.25) is 0 Å². The van der Waals surface area contributed by atoms with Gasteiger partial charge in [0.2, 0.25) is 0 Å². The second kappa shape index (κ2) is 5.07. The van der Waals surface area contributed by atoms with Crippen LogP contribution in [0.5, 0.6) is 0 Å². The Bertz CT molecular complexity index is 645. The molecule has 0 aliphatic rings. The maximum absolute atomic E-state index is 8.90. The molecule has 1 aromatic carbocycles. The first-order valence-corrected chi connectivity index (χ1v) is 5.55. The summed E-state index contributed by atoms with van der Waals surface area (Å²) in [7, 11) is 0. The van der Waals surface area contributed by atoms with Crippen molar-refractivity contribution < 1.29 is 0 Å². The van der Waals surface area contributed by atoms with Crippen molar-refractivity contribution >= 4 is 0 Å². The molecule has 0 radical (unpaired) electrons. The fourth-order valence-electron chi connectivity index (χ4n) is 1.60. The van der Waals surface area contributed by atoms with E-state index in [0.29, 0.717) is 5.69 Å². The molecular formula is C14H10N4. The summed E-state index contributed by atoms with van der Waals surface area (Å²) in [4.78, 5) is 8.08. The van der Waals surface area contributed by atoms with E-state index in [1.165, 1.54) is 11.8 Å². The summed E-state index contributed by atoms with van der Waals surface area (Å²) in [5.41, 5.74) is 2.86. The third-order valence-corrected chi connectivity index (χ3v) is 2.64. The van der Waals surface area contributed by atoms with Crippen molar-refractivity contribution in [1.82, 2.24) is 9.97 Å². The zero-order chi connectivity index (χ0) is 13.0. The molecule has 0 unspecified atom stereocenters. The number of benzene rings is 1. The largest absolute Gasteiger partial charge is 0.240 e. The van der Waals surface area contributed by atoms with Crippen LogP contribution in [0.1, 0.15) is 23.9 Å². The van der Waals surface area contributed by atoms with Gasteiger partial charge in [-0.25, -0.2) is 9.97 Å². The number of rotatable bonds is 2. The van der Waals surface area contributed by atoms with Crippen LogP contribution in [0.25, 0.3) is 11.3 Å². The maximum atomic E-state index is 8.90. The average Bonchev–Trinajstić information content (AvgIpc) is 2.46. The highest BCUT2D eigenvalue weighted by Gasteiger charge is 2.07. The molecule has 86 valence electrons. The van der Waals surface area contributed by atoms with E-state index in [2.05, 4.69) is 16.9 Å². The van der Waals surface area contributed by atoms with Crippen molar-refractivity contribution in [2.45, 2.75) is 13.3 Å². The highest BCUT2D eigenvalue weighted by atomic mass is 14.8. The molecule has 0 spiro atoms. The standard InChI is InChI=1S/C14H10N4/c1-2-10-3-5-11(6-4-10)14-9-17-12(7-15)13(8-16)18-14/h3-6,9H,2H2,1H3. The number of hydrogen-bond acceptors (Lipinski definition) is 4. The second-order valence-corrected chi connectivity index (χ2v) is 3.73. The Morgan fingerprint density at radius 3 is 2.28 bits per heavy atom. The van der Waals surface area contributed by atoms with Gasteiger partial charge < -0.3 is 0 Å². The number of nitriles is 2. The molecule has 2 rings (SSSR count). The van der Waals surface area contributed by atoms with E-state index in [0.717, 1.165) is 12.0 Å². The number of hydrogen-bond donors (Lipinski definition) is 0. The molecule has 0 bridgehead atoms. The normalized spacial score (nSPS) is 9.50. The van der Waals surface area contributed by atoms with Crippen molar-refractivity contribution in [1.29, 1.82) is 10.5 Å². The van der Waals surface area contributed by atoms with Crippen LogP contribution in [0.15, 0.2) is 30.5 Å². The monoisotopic (exact) mass is 234 g/mol. The third-order valence-electron chi connectivity index (χ3n) is 2.64. The lowest BCUT2D eigenvalue weighted by molar-refractivity contribution is 1.12. The fraction of sp³-hybridized carbons (Fsp3) is 0.143. The molecule has 1 heterocycles. The Morgan fingerprint density at radius 1 is 1.06 bits per heavy atom. The quantitative estimate of drug-likeness (QED) is 0.799. The summed E-state index contributed by atoms with van der Waals surface area (Å²) >= 11 is 0. The molecule has 0 atom stereocenters. The Morgan fingerprint density at radius 2 is 1.72 bits per heavy atom. The van der Waals surface area contributed by atoms with Crippen LogP contribution < -0.4 is 0 Å². The van der Waals surface area contributed by atoms with Crippen molar-refractivity contribution in [2.24, 2.45) is 0 Å². The van der Waals surface area contributed by atoms with Crippen LogP contribution in [0.3, 0.4) is 0 Å². The third kappa shape index (κ3) is 2.18. The molecule has 4 heteroatoms. The number of aromatic nitrogens is 2. The van der Waals surface area contributed by atoms with E-state index < -0.39 is 0 Å². The summed E-state index contributed by atoms with van der Waals surface area (Å²) in [6, 6.07) is 11.6. The Kier molecular flexibility index (Phi) is 3.31. The number of aryl methyl sites for hydroxylation is 1. The molecule has 0 saturated heterocycles. The van der Waals surface area contributed by atoms with Crippen LogP contribution in [0.4, 0.5) is 0 Å². The molecule has 2 aromatic rings. The predicted molar refractivity (Wildman–Crippen MR) is 66.3 cm³/mol. The van der Waals surface area contributed by atoms with Gasteiger partial charge in [0.25, 0.3) is 0 Å². The molecule has 0 saturated carbocycles. The van der Waals surface area contributed by atoms with E-state index in [4.69, 9.17) is 10.5 Å². The van der Waals surface area contributed by atoms with Crippen LogP contribution in [-0.2, 0) is 6.42 Å².